The zero-order chi connectivity index (χ0) is 22.3. The van der Waals surface area contributed by atoms with E-state index in [1.807, 2.05) is 0 Å². The van der Waals surface area contributed by atoms with Crippen molar-refractivity contribution in [2.45, 2.75) is 43.0 Å². The lowest BCUT2D eigenvalue weighted by molar-refractivity contribution is 0.411. The SMILES string of the molecule is [C-]#[N+]c1cc(OC)c(-n2nnc(S(=O)(=O)c3ccc(C(C)(C)C)cc3)c2C)cc1Cl. The lowest BCUT2D eigenvalue weighted by Crippen LogP contribution is -2.12. The summed E-state index contributed by atoms with van der Waals surface area (Å²) in [5.74, 6) is 0.330. The van der Waals surface area contributed by atoms with Gasteiger partial charge >= 0.3 is 0 Å². The van der Waals surface area contributed by atoms with Gasteiger partial charge in [-0.25, -0.2) is 17.9 Å². The Morgan fingerprint density at radius 3 is 2.33 bits per heavy atom. The van der Waals surface area contributed by atoms with Crippen LogP contribution in [0, 0.1) is 13.5 Å². The normalized spacial score (nSPS) is 11.9. The first kappa shape index (κ1) is 21.8. The zero-order valence-electron chi connectivity index (χ0n) is 17.3. The first-order valence-electron chi connectivity index (χ1n) is 9.04. The fourth-order valence-electron chi connectivity index (χ4n) is 2.99. The summed E-state index contributed by atoms with van der Waals surface area (Å²) in [4.78, 5) is 3.48. The third kappa shape index (κ3) is 3.78. The van der Waals surface area contributed by atoms with E-state index in [9.17, 15) is 8.42 Å². The summed E-state index contributed by atoms with van der Waals surface area (Å²) in [6.07, 6.45) is 0. The Kier molecular flexibility index (Phi) is 5.63. The molecule has 0 amide bonds. The second kappa shape index (κ2) is 7.74. The summed E-state index contributed by atoms with van der Waals surface area (Å²) >= 11 is 6.16. The molecule has 0 aliphatic rings. The summed E-state index contributed by atoms with van der Waals surface area (Å²) in [5, 5.41) is 7.99. The Labute approximate surface area is 181 Å². The zero-order valence-corrected chi connectivity index (χ0v) is 18.8. The molecule has 9 heteroatoms. The molecule has 7 nitrogen and oxygen atoms in total. The minimum Gasteiger partial charge on any atom is -0.496 e. The minimum atomic E-state index is -3.88. The second-order valence-electron chi connectivity index (χ2n) is 7.76. The highest BCUT2D eigenvalue weighted by Gasteiger charge is 2.27. The van der Waals surface area contributed by atoms with Gasteiger partial charge in [0.2, 0.25) is 20.6 Å². The lowest BCUT2D eigenvalue weighted by atomic mass is 9.87. The molecule has 0 spiro atoms. The molecule has 0 atom stereocenters. The average Bonchev–Trinajstić information content (AvgIpc) is 3.09. The van der Waals surface area contributed by atoms with E-state index in [-0.39, 0.29) is 26.0 Å². The molecule has 0 aliphatic carbocycles. The maximum atomic E-state index is 13.2. The molecule has 0 saturated heterocycles. The smallest absolute Gasteiger partial charge is 0.227 e. The standard InChI is InChI=1S/C21H21ClN4O3S/c1-13-20(30(27,28)15-9-7-14(8-10-15)21(2,3)4)24-25-26(13)18-11-16(22)17(23-5)12-19(18)29-6/h7-12H,1-4,6H3. The Hall–Kier alpha value is -2.89. The van der Waals surface area contributed by atoms with Gasteiger partial charge in [-0.3, -0.25) is 0 Å². The van der Waals surface area contributed by atoms with Gasteiger partial charge in [-0.15, -0.1) is 5.10 Å². The predicted molar refractivity (Wildman–Crippen MR) is 115 cm³/mol. The van der Waals surface area contributed by atoms with Crippen molar-refractivity contribution in [2.75, 3.05) is 7.11 Å². The van der Waals surface area contributed by atoms with Crippen LogP contribution < -0.4 is 4.74 Å². The quantitative estimate of drug-likeness (QED) is 0.534. The molecule has 0 unspecified atom stereocenters. The number of benzene rings is 2. The molecule has 0 aliphatic heterocycles. The first-order chi connectivity index (χ1) is 14.0. The Bertz CT molecular complexity index is 1250. The van der Waals surface area contributed by atoms with Crippen LogP contribution in [-0.2, 0) is 15.3 Å². The van der Waals surface area contributed by atoms with E-state index < -0.39 is 9.84 Å². The van der Waals surface area contributed by atoms with E-state index in [1.165, 1.54) is 23.9 Å². The molecule has 3 aromatic rings. The van der Waals surface area contributed by atoms with Gasteiger partial charge in [0.1, 0.15) is 11.4 Å². The predicted octanol–water partition coefficient (Wildman–Crippen LogP) is 4.92. The maximum absolute atomic E-state index is 13.2. The molecule has 2 aromatic carbocycles. The monoisotopic (exact) mass is 444 g/mol. The van der Waals surface area contributed by atoms with Crippen LogP contribution in [-0.4, -0.2) is 30.5 Å². The summed E-state index contributed by atoms with van der Waals surface area (Å²) < 4.78 is 33.0. The number of halogens is 1. The van der Waals surface area contributed by atoms with Crippen LogP contribution in [0.4, 0.5) is 5.69 Å². The molecule has 156 valence electrons. The molecule has 1 heterocycles. The van der Waals surface area contributed by atoms with E-state index in [1.54, 1.807) is 31.2 Å². The fourth-order valence-corrected chi connectivity index (χ4v) is 4.52. The van der Waals surface area contributed by atoms with E-state index in [0.717, 1.165) is 5.56 Å². The third-order valence-electron chi connectivity index (χ3n) is 4.73. The molecule has 0 saturated carbocycles. The summed E-state index contributed by atoms with van der Waals surface area (Å²) in [5.41, 5.74) is 1.86. The van der Waals surface area contributed by atoms with E-state index in [2.05, 4.69) is 35.9 Å². The highest BCUT2D eigenvalue weighted by Crippen LogP contribution is 2.36. The van der Waals surface area contributed by atoms with Crippen LogP contribution in [0.3, 0.4) is 0 Å². The first-order valence-corrected chi connectivity index (χ1v) is 10.9. The van der Waals surface area contributed by atoms with Gasteiger partial charge in [0, 0.05) is 5.02 Å². The number of ether oxygens (including phenoxy) is 1. The number of rotatable bonds is 4. The number of methoxy groups -OCH3 is 1. The van der Waals surface area contributed by atoms with E-state index in [0.29, 0.717) is 17.1 Å². The number of nitrogens with zero attached hydrogens (tertiary/aromatic N) is 4. The van der Waals surface area contributed by atoms with Gasteiger partial charge < -0.3 is 4.74 Å². The molecule has 0 radical (unpaired) electrons. The molecule has 0 bridgehead atoms. The van der Waals surface area contributed by atoms with Crippen LogP contribution in [0.15, 0.2) is 46.3 Å². The van der Waals surface area contributed by atoms with Crippen LogP contribution in [0.2, 0.25) is 5.02 Å². The van der Waals surface area contributed by atoms with Crippen molar-refractivity contribution in [2.24, 2.45) is 0 Å². The van der Waals surface area contributed by atoms with Gasteiger partial charge in [-0.05, 0) is 42.2 Å². The van der Waals surface area contributed by atoms with Gasteiger partial charge in [0.15, 0.2) is 0 Å². The van der Waals surface area contributed by atoms with Crippen LogP contribution >= 0.6 is 11.6 Å². The van der Waals surface area contributed by atoms with E-state index in [4.69, 9.17) is 22.9 Å². The van der Waals surface area contributed by atoms with Crippen LogP contribution in [0.5, 0.6) is 5.75 Å². The van der Waals surface area contributed by atoms with Crippen molar-refractivity contribution >= 4 is 27.1 Å². The van der Waals surface area contributed by atoms with Crippen molar-refractivity contribution in [1.29, 1.82) is 0 Å². The molecule has 1 aromatic heterocycles. The average molecular weight is 445 g/mol. The van der Waals surface area contributed by atoms with Gasteiger partial charge in [-0.1, -0.05) is 49.7 Å². The number of hydrogen-bond acceptors (Lipinski definition) is 5. The summed E-state index contributed by atoms with van der Waals surface area (Å²) in [6.45, 7) is 15.0. The molecule has 0 fully saturated rings. The summed E-state index contributed by atoms with van der Waals surface area (Å²) in [6, 6.07) is 9.75. The highest BCUT2D eigenvalue weighted by atomic mass is 35.5. The minimum absolute atomic E-state index is 0.0886. The van der Waals surface area contributed by atoms with Crippen LogP contribution in [0.1, 0.15) is 32.0 Å². The molecule has 30 heavy (non-hydrogen) atoms. The van der Waals surface area contributed by atoms with Crippen LogP contribution in [0.25, 0.3) is 10.5 Å². The second-order valence-corrected chi connectivity index (χ2v) is 10.0. The largest absolute Gasteiger partial charge is 0.496 e. The van der Waals surface area contributed by atoms with E-state index >= 15 is 0 Å². The van der Waals surface area contributed by atoms with Crippen molar-refractivity contribution in [1.82, 2.24) is 15.0 Å². The third-order valence-corrected chi connectivity index (χ3v) is 6.82. The molecule has 0 N–H and O–H groups in total. The molecular weight excluding hydrogens is 424 g/mol. The number of hydrogen-bond donors (Lipinski definition) is 0. The van der Waals surface area contributed by atoms with Gasteiger partial charge in [-0.2, -0.15) is 0 Å². The van der Waals surface area contributed by atoms with Crippen molar-refractivity contribution in [3.63, 3.8) is 0 Å². The maximum Gasteiger partial charge on any atom is 0.227 e. The Balaban J connectivity index is 2.10. The lowest BCUT2D eigenvalue weighted by Gasteiger charge is -2.19. The van der Waals surface area contributed by atoms with Crippen molar-refractivity contribution in [3.8, 4) is 11.4 Å². The summed E-state index contributed by atoms with van der Waals surface area (Å²) in [7, 11) is -2.43. The van der Waals surface area contributed by atoms with Gasteiger partial charge in [0.05, 0.1) is 24.3 Å². The molecular formula is C21H21ClN4O3S. The fraction of sp³-hybridized carbons (Fsp3) is 0.286. The topological polar surface area (TPSA) is 78.4 Å². The van der Waals surface area contributed by atoms with Crippen molar-refractivity contribution in [3.05, 3.63) is 64.1 Å². The molecule has 3 rings (SSSR count). The Morgan fingerprint density at radius 1 is 1.17 bits per heavy atom. The highest BCUT2D eigenvalue weighted by molar-refractivity contribution is 7.91. The Morgan fingerprint density at radius 2 is 1.80 bits per heavy atom. The number of sulfone groups is 1. The number of aromatic nitrogens is 3. The van der Waals surface area contributed by atoms with Crippen molar-refractivity contribution < 1.29 is 13.2 Å². The van der Waals surface area contributed by atoms with Gasteiger partial charge in [0.25, 0.3) is 0 Å².